The van der Waals surface area contributed by atoms with Crippen LogP contribution in [-0.4, -0.2) is 30.1 Å². The van der Waals surface area contributed by atoms with E-state index in [1.165, 1.54) is 25.0 Å². The van der Waals surface area contributed by atoms with E-state index in [1.54, 1.807) is 0 Å². The fourth-order valence-electron chi connectivity index (χ4n) is 3.93. The van der Waals surface area contributed by atoms with Crippen molar-refractivity contribution in [1.82, 2.24) is 4.90 Å². The molecule has 2 fully saturated rings. The predicted molar refractivity (Wildman–Crippen MR) is 87.9 cm³/mol. The van der Waals surface area contributed by atoms with Crippen LogP contribution in [0.4, 0.5) is 13.2 Å². The maximum Gasteiger partial charge on any atom is 0.416 e. The maximum atomic E-state index is 12.9. The molecular formula is C17H24ClF3N2. The third-order valence-corrected chi connectivity index (χ3v) is 5.16. The van der Waals surface area contributed by atoms with Crippen LogP contribution in [0.25, 0.3) is 0 Å². The van der Waals surface area contributed by atoms with Gasteiger partial charge in [0.15, 0.2) is 0 Å². The van der Waals surface area contributed by atoms with Crippen LogP contribution in [0.3, 0.4) is 0 Å². The first-order valence-corrected chi connectivity index (χ1v) is 8.12. The predicted octanol–water partition coefficient (Wildman–Crippen LogP) is 4.19. The van der Waals surface area contributed by atoms with Gasteiger partial charge in [-0.05, 0) is 62.7 Å². The molecule has 3 atom stereocenters. The highest BCUT2D eigenvalue weighted by molar-refractivity contribution is 5.85. The Morgan fingerprint density at radius 3 is 2.43 bits per heavy atom. The van der Waals surface area contributed by atoms with E-state index in [4.69, 9.17) is 5.73 Å². The van der Waals surface area contributed by atoms with Crippen molar-refractivity contribution in [2.24, 2.45) is 5.73 Å². The van der Waals surface area contributed by atoms with E-state index in [2.05, 4.69) is 4.90 Å². The molecule has 2 nitrogen and oxygen atoms in total. The Kier molecular flexibility index (Phi) is 5.98. The van der Waals surface area contributed by atoms with Gasteiger partial charge in [0.25, 0.3) is 0 Å². The van der Waals surface area contributed by atoms with Crippen LogP contribution in [0.1, 0.15) is 49.1 Å². The van der Waals surface area contributed by atoms with Crippen molar-refractivity contribution in [3.05, 3.63) is 35.4 Å². The van der Waals surface area contributed by atoms with E-state index in [0.717, 1.165) is 44.0 Å². The molecule has 23 heavy (non-hydrogen) atoms. The zero-order valence-electron chi connectivity index (χ0n) is 13.1. The summed E-state index contributed by atoms with van der Waals surface area (Å²) < 4.78 is 38.7. The zero-order valence-corrected chi connectivity index (χ0v) is 13.9. The first-order chi connectivity index (χ1) is 10.4. The highest BCUT2D eigenvalue weighted by Gasteiger charge is 2.35. The molecule has 2 aliphatic rings. The third kappa shape index (κ3) is 4.20. The van der Waals surface area contributed by atoms with Crippen molar-refractivity contribution in [3.63, 3.8) is 0 Å². The molecule has 6 heteroatoms. The van der Waals surface area contributed by atoms with Gasteiger partial charge < -0.3 is 5.73 Å². The molecule has 1 aromatic carbocycles. The van der Waals surface area contributed by atoms with E-state index >= 15 is 0 Å². The summed E-state index contributed by atoms with van der Waals surface area (Å²) in [5.74, 6) is 0.188. The van der Waals surface area contributed by atoms with Gasteiger partial charge in [0.1, 0.15) is 0 Å². The van der Waals surface area contributed by atoms with Crippen molar-refractivity contribution in [2.45, 2.75) is 56.3 Å². The van der Waals surface area contributed by atoms with Gasteiger partial charge in [0.2, 0.25) is 0 Å². The van der Waals surface area contributed by atoms with Crippen molar-refractivity contribution in [1.29, 1.82) is 0 Å². The number of benzene rings is 1. The van der Waals surface area contributed by atoms with Crippen LogP contribution >= 0.6 is 12.4 Å². The number of hydrogen-bond donors (Lipinski definition) is 1. The highest BCUT2D eigenvalue weighted by atomic mass is 35.5. The zero-order chi connectivity index (χ0) is 15.7. The maximum absolute atomic E-state index is 12.9. The average Bonchev–Trinajstić information content (AvgIpc) is 3.01. The van der Waals surface area contributed by atoms with Crippen molar-refractivity contribution < 1.29 is 13.2 Å². The summed E-state index contributed by atoms with van der Waals surface area (Å²) in [6, 6.07) is 6.30. The van der Waals surface area contributed by atoms with Crippen LogP contribution in [0.15, 0.2) is 24.3 Å². The molecule has 1 saturated carbocycles. The molecule has 3 rings (SSSR count). The number of likely N-dealkylation sites (tertiary alicyclic amines) is 1. The Balaban J connectivity index is 0.00000192. The number of rotatable bonds is 2. The molecule has 0 radical (unpaired) electrons. The van der Waals surface area contributed by atoms with E-state index in [-0.39, 0.29) is 24.4 Å². The number of nitrogens with zero attached hydrogens (tertiary/aromatic N) is 1. The lowest BCUT2D eigenvalue weighted by atomic mass is 9.78. The first kappa shape index (κ1) is 18.6. The summed E-state index contributed by atoms with van der Waals surface area (Å²) in [6.45, 7) is 2.15. The van der Waals surface area contributed by atoms with Crippen LogP contribution < -0.4 is 5.73 Å². The molecule has 130 valence electrons. The summed E-state index contributed by atoms with van der Waals surface area (Å²) in [4.78, 5) is 2.43. The first-order valence-electron chi connectivity index (χ1n) is 8.12. The fourth-order valence-corrected chi connectivity index (χ4v) is 3.93. The molecule has 1 saturated heterocycles. The second-order valence-electron chi connectivity index (χ2n) is 6.61. The lowest BCUT2D eigenvalue weighted by Gasteiger charge is -2.39. The molecule has 1 aromatic rings. The summed E-state index contributed by atoms with van der Waals surface area (Å²) in [6.07, 6.45) is 0.793. The second-order valence-corrected chi connectivity index (χ2v) is 6.61. The van der Waals surface area contributed by atoms with Crippen LogP contribution in [0.2, 0.25) is 0 Å². The van der Waals surface area contributed by atoms with Crippen LogP contribution in [-0.2, 0) is 6.18 Å². The van der Waals surface area contributed by atoms with Gasteiger partial charge in [0.05, 0.1) is 5.56 Å². The molecular weight excluding hydrogens is 325 g/mol. The third-order valence-electron chi connectivity index (χ3n) is 5.16. The van der Waals surface area contributed by atoms with E-state index in [1.807, 2.05) is 6.07 Å². The van der Waals surface area contributed by atoms with E-state index in [9.17, 15) is 13.2 Å². The Labute approximate surface area is 141 Å². The number of alkyl halides is 3. The van der Waals surface area contributed by atoms with E-state index in [0.29, 0.717) is 6.04 Å². The van der Waals surface area contributed by atoms with Gasteiger partial charge in [-0.15, -0.1) is 12.4 Å². The molecule has 1 aliphatic carbocycles. The molecule has 0 bridgehead atoms. The quantitative estimate of drug-likeness (QED) is 0.868. The summed E-state index contributed by atoms with van der Waals surface area (Å²) >= 11 is 0. The molecule has 1 aliphatic heterocycles. The molecule has 1 heterocycles. The normalized spacial score (nSPS) is 29.3. The Morgan fingerprint density at radius 2 is 1.78 bits per heavy atom. The smallest absolute Gasteiger partial charge is 0.326 e. The lowest BCUT2D eigenvalue weighted by molar-refractivity contribution is -0.137. The Bertz CT molecular complexity index is 515. The minimum atomic E-state index is -4.27. The molecule has 0 unspecified atom stereocenters. The number of halogens is 4. The lowest BCUT2D eigenvalue weighted by Crippen LogP contribution is -2.49. The summed E-state index contributed by atoms with van der Waals surface area (Å²) in [7, 11) is 0. The highest BCUT2D eigenvalue weighted by Crippen LogP contribution is 2.38. The SMILES string of the molecule is Cl.N[C@H]1CC[C@H](c2cccc(C(F)(F)F)c2)C[C@@H]1N1CCCC1. The van der Waals surface area contributed by atoms with E-state index < -0.39 is 11.7 Å². The minimum Gasteiger partial charge on any atom is -0.326 e. The molecule has 0 amide bonds. The number of nitrogens with two attached hydrogens (primary N) is 1. The topological polar surface area (TPSA) is 29.3 Å². The summed E-state index contributed by atoms with van der Waals surface area (Å²) in [5, 5.41) is 0. The summed E-state index contributed by atoms with van der Waals surface area (Å²) in [5.41, 5.74) is 6.54. The molecule has 0 spiro atoms. The fraction of sp³-hybridized carbons (Fsp3) is 0.647. The van der Waals surface area contributed by atoms with Crippen molar-refractivity contribution in [3.8, 4) is 0 Å². The van der Waals surface area contributed by atoms with Gasteiger partial charge in [-0.25, -0.2) is 0 Å². The van der Waals surface area contributed by atoms with Gasteiger partial charge in [0, 0.05) is 12.1 Å². The van der Waals surface area contributed by atoms with Gasteiger partial charge in [-0.2, -0.15) is 13.2 Å². The average molecular weight is 349 g/mol. The van der Waals surface area contributed by atoms with Crippen molar-refractivity contribution >= 4 is 12.4 Å². The van der Waals surface area contributed by atoms with Gasteiger partial charge in [-0.1, -0.05) is 18.2 Å². The molecule has 0 aromatic heterocycles. The van der Waals surface area contributed by atoms with Crippen LogP contribution in [0, 0.1) is 0 Å². The Hall–Kier alpha value is -0.780. The second kappa shape index (κ2) is 7.41. The monoisotopic (exact) mass is 348 g/mol. The standard InChI is InChI=1S/C17H23F3N2.ClH/c18-17(19,20)14-5-3-4-12(10-14)13-6-7-15(21)16(11-13)22-8-1-2-9-22;/h3-5,10,13,15-16H,1-2,6-9,11,21H2;1H/t13-,15-,16-;/m0./s1. The largest absolute Gasteiger partial charge is 0.416 e. The van der Waals surface area contributed by atoms with Gasteiger partial charge >= 0.3 is 6.18 Å². The van der Waals surface area contributed by atoms with Crippen LogP contribution in [0.5, 0.6) is 0 Å². The molecule has 2 N–H and O–H groups in total. The minimum absolute atomic E-state index is 0. The number of hydrogen-bond acceptors (Lipinski definition) is 2. The Morgan fingerprint density at radius 1 is 1.09 bits per heavy atom. The van der Waals surface area contributed by atoms with Crippen molar-refractivity contribution in [2.75, 3.05) is 13.1 Å². The van der Waals surface area contributed by atoms with Gasteiger partial charge in [-0.3, -0.25) is 4.90 Å².